The molecule has 0 radical (unpaired) electrons. The molecule has 3 heterocycles. The van der Waals surface area contributed by atoms with Crippen LogP contribution in [0.15, 0.2) is 136 Å². The van der Waals surface area contributed by atoms with Crippen molar-refractivity contribution in [3.8, 4) is 34.0 Å². The van der Waals surface area contributed by atoms with Crippen LogP contribution in [0.25, 0.3) is 34.3 Å². The Morgan fingerprint density at radius 1 is 0.878 bits per heavy atom. The summed E-state index contributed by atoms with van der Waals surface area (Å²) in [6.45, 7) is 5.85. The second-order valence-corrected chi connectivity index (χ2v) is 12.8. The molecular weight excluding hydrogens is 631 g/mol. The molecule has 1 atom stereocenters. The van der Waals surface area contributed by atoms with Crippen LogP contribution in [0.1, 0.15) is 36.6 Å². The zero-order chi connectivity index (χ0) is 34.1. The van der Waals surface area contributed by atoms with Gasteiger partial charge in [-0.2, -0.15) is 0 Å². The van der Waals surface area contributed by atoms with E-state index in [9.17, 15) is 9.59 Å². The van der Waals surface area contributed by atoms with E-state index in [4.69, 9.17) is 14.5 Å². The molecule has 2 aromatic heterocycles. The van der Waals surface area contributed by atoms with Crippen molar-refractivity contribution in [3.05, 3.63) is 163 Å². The minimum absolute atomic E-state index is 0.208. The molecule has 8 heteroatoms. The lowest BCUT2D eigenvalue weighted by molar-refractivity contribution is -0.139. The summed E-state index contributed by atoms with van der Waals surface area (Å²) in [4.78, 5) is 33.2. The molecule has 0 bridgehead atoms. The molecule has 0 amide bonds. The smallest absolute Gasteiger partial charge is 0.338 e. The van der Waals surface area contributed by atoms with Crippen molar-refractivity contribution in [2.24, 2.45) is 4.99 Å². The molecule has 1 aliphatic rings. The molecule has 7 rings (SSSR count). The fourth-order valence-electron chi connectivity index (χ4n) is 6.35. The predicted octanol–water partition coefficient (Wildman–Crippen LogP) is 7.24. The van der Waals surface area contributed by atoms with Crippen molar-refractivity contribution in [1.82, 2.24) is 9.13 Å². The van der Waals surface area contributed by atoms with Gasteiger partial charge in [-0.3, -0.25) is 9.36 Å². The van der Waals surface area contributed by atoms with Crippen molar-refractivity contribution in [2.75, 3.05) is 13.7 Å². The van der Waals surface area contributed by atoms with E-state index >= 15 is 0 Å². The van der Waals surface area contributed by atoms with Crippen LogP contribution in [0.2, 0.25) is 0 Å². The van der Waals surface area contributed by atoms with Crippen LogP contribution in [0.5, 0.6) is 5.75 Å². The minimum atomic E-state index is -0.714. The zero-order valence-corrected chi connectivity index (χ0v) is 28.5. The average molecular weight is 666 g/mol. The highest BCUT2D eigenvalue weighted by atomic mass is 32.1. The van der Waals surface area contributed by atoms with Crippen molar-refractivity contribution in [3.63, 3.8) is 0 Å². The van der Waals surface area contributed by atoms with Crippen LogP contribution in [0, 0.1) is 6.92 Å². The number of thiazole rings is 1. The van der Waals surface area contributed by atoms with Crippen molar-refractivity contribution in [1.29, 1.82) is 0 Å². The van der Waals surface area contributed by atoms with Gasteiger partial charge in [-0.1, -0.05) is 102 Å². The van der Waals surface area contributed by atoms with E-state index in [1.54, 1.807) is 25.5 Å². The minimum Gasteiger partial charge on any atom is -0.497 e. The molecule has 0 N–H and O–H groups in total. The molecule has 0 spiro atoms. The number of methoxy groups -OCH3 is 1. The number of esters is 1. The quantitative estimate of drug-likeness (QED) is 0.161. The normalized spacial score (nSPS) is 14.4. The Morgan fingerprint density at radius 3 is 2.16 bits per heavy atom. The molecule has 0 fully saturated rings. The molecule has 0 aliphatic carbocycles. The van der Waals surface area contributed by atoms with Gasteiger partial charge >= 0.3 is 5.97 Å². The fraction of sp³-hybridized carbons (Fsp3) is 0.146. The van der Waals surface area contributed by atoms with Gasteiger partial charge in [-0.05, 0) is 73.9 Å². The summed E-state index contributed by atoms with van der Waals surface area (Å²) < 4.78 is 15.2. The van der Waals surface area contributed by atoms with Crippen molar-refractivity contribution < 1.29 is 14.3 Å². The van der Waals surface area contributed by atoms with Gasteiger partial charge in [0.05, 0.1) is 46.9 Å². The summed E-state index contributed by atoms with van der Waals surface area (Å²) in [7, 11) is 1.60. The second-order valence-electron chi connectivity index (χ2n) is 11.8. The Labute approximate surface area is 288 Å². The number of benzene rings is 4. The number of ether oxygens (including phenoxy) is 2. The molecule has 49 heavy (non-hydrogen) atoms. The van der Waals surface area contributed by atoms with Gasteiger partial charge in [-0.15, -0.1) is 0 Å². The van der Waals surface area contributed by atoms with E-state index in [-0.39, 0.29) is 12.2 Å². The van der Waals surface area contributed by atoms with Gasteiger partial charge in [0, 0.05) is 11.3 Å². The summed E-state index contributed by atoms with van der Waals surface area (Å²) in [5.41, 5.74) is 8.48. The molecule has 244 valence electrons. The molecule has 1 aliphatic heterocycles. The summed E-state index contributed by atoms with van der Waals surface area (Å²) in [6.07, 6.45) is 1.96. The summed E-state index contributed by atoms with van der Waals surface area (Å²) in [6, 6.07) is 37.8. The summed E-state index contributed by atoms with van der Waals surface area (Å²) in [5.74, 6) is 0.184. The van der Waals surface area contributed by atoms with E-state index in [0.29, 0.717) is 26.4 Å². The molecular formula is C41H35N3O4S. The van der Waals surface area contributed by atoms with Crippen LogP contribution in [-0.2, 0) is 9.53 Å². The third-order valence-corrected chi connectivity index (χ3v) is 9.66. The second kappa shape index (κ2) is 13.4. The first-order chi connectivity index (χ1) is 23.9. The maximum Gasteiger partial charge on any atom is 0.338 e. The average Bonchev–Trinajstić information content (AvgIpc) is 3.65. The van der Waals surface area contributed by atoms with Crippen molar-refractivity contribution in [2.45, 2.75) is 26.8 Å². The molecule has 0 unspecified atom stereocenters. The first-order valence-corrected chi connectivity index (χ1v) is 17.0. The highest BCUT2D eigenvalue weighted by molar-refractivity contribution is 7.07. The van der Waals surface area contributed by atoms with Gasteiger partial charge in [0.2, 0.25) is 0 Å². The van der Waals surface area contributed by atoms with Crippen molar-refractivity contribution >= 4 is 23.4 Å². The van der Waals surface area contributed by atoms with Gasteiger partial charge in [0.15, 0.2) is 4.80 Å². The summed E-state index contributed by atoms with van der Waals surface area (Å²) >= 11 is 1.31. The number of hydrogen-bond donors (Lipinski definition) is 0. The third-order valence-electron chi connectivity index (χ3n) is 8.67. The number of carbonyl (C=O) groups is 1. The van der Waals surface area contributed by atoms with E-state index in [2.05, 4.69) is 66.1 Å². The van der Waals surface area contributed by atoms with E-state index in [1.165, 1.54) is 16.9 Å². The molecule has 7 nitrogen and oxygen atoms in total. The van der Waals surface area contributed by atoms with Gasteiger partial charge in [0.1, 0.15) is 5.75 Å². The van der Waals surface area contributed by atoms with Crippen LogP contribution in [0.3, 0.4) is 0 Å². The lowest BCUT2D eigenvalue weighted by atomic mass is 9.96. The molecule has 4 aromatic carbocycles. The third kappa shape index (κ3) is 5.96. The maximum absolute atomic E-state index is 14.6. The molecule has 0 saturated heterocycles. The van der Waals surface area contributed by atoms with Gasteiger partial charge < -0.3 is 14.0 Å². The maximum atomic E-state index is 14.6. The summed E-state index contributed by atoms with van der Waals surface area (Å²) in [5, 5.41) is 0. The lowest BCUT2D eigenvalue weighted by Crippen LogP contribution is -2.39. The standard InChI is InChI=1S/C41H35N3O4S/c1-5-48-40(46)36-27(3)42-41-44(38(36)30-18-22-33(47-4)23-19-30)39(45)35(49-41)25-31-24-34(28-12-8-6-9-13-28)43(32-20-16-26(2)17-21-32)37(31)29-14-10-7-11-15-29/h6-25,38H,5H2,1-4H3/b35-25-/t38-/m1/s1. The Hall–Kier alpha value is -5.73. The van der Waals surface area contributed by atoms with Gasteiger partial charge in [0.25, 0.3) is 5.56 Å². The first-order valence-electron chi connectivity index (χ1n) is 16.1. The SMILES string of the molecule is CCOC(=O)C1=C(C)N=c2s/c(=C\c3cc(-c4ccccc4)n(-c4ccc(C)cc4)c3-c3ccccc3)c(=O)n2[C@@H]1c1ccc(OC)cc1. The number of aromatic nitrogens is 2. The Morgan fingerprint density at radius 2 is 1.53 bits per heavy atom. The number of nitrogens with zero attached hydrogens (tertiary/aromatic N) is 3. The van der Waals surface area contributed by atoms with Crippen LogP contribution in [0.4, 0.5) is 0 Å². The van der Waals surface area contributed by atoms with E-state index < -0.39 is 12.0 Å². The number of aryl methyl sites for hydroxylation is 1. The van der Waals surface area contributed by atoms with Gasteiger partial charge in [-0.25, -0.2) is 9.79 Å². The van der Waals surface area contributed by atoms with Crippen LogP contribution >= 0.6 is 11.3 Å². The zero-order valence-electron chi connectivity index (χ0n) is 27.7. The lowest BCUT2D eigenvalue weighted by Gasteiger charge is -2.24. The van der Waals surface area contributed by atoms with E-state index in [0.717, 1.165) is 39.3 Å². The predicted molar refractivity (Wildman–Crippen MR) is 195 cm³/mol. The number of rotatable bonds is 8. The van der Waals surface area contributed by atoms with E-state index in [1.807, 2.05) is 66.7 Å². The fourth-order valence-corrected chi connectivity index (χ4v) is 7.39. The monoisotopic (exact) mass is 665 g/mol. The Kier molecular flexibility index (Phi) is 8.72. The number of carbonyl (C=O) groups excluding carboxylic acids is 1. The topological polar surface area (TPSA) is 74.8 Å². The highest BCUT2D eigenvalue weighted by Crippen LogP contribution is 2.37. The number of fused-ring (bicyclic) bond motifs is 1. The van der Waals surface area contributed by atoms with Crippen LogP contribution in [-0.4, -0.2) is 28.8 Å². The number of hydrogen-bond acceptors (Lipinski definition) is 6. The number of allylic oxidation sites excluding steroid dienone is 1. The first kappa shape index (κ1) is 31.8. The Balaban J connectivity index is 1.50. The highest BCUT2D eigenvalue weighted by Gasteiger charge is 2.33. The Bertz CT molecular complexity index is 2370. The molecule has 6 aromatic rings. The van der Waals surface area contributed by atoms with Crippen LogP contribution < -0.4 is 19.6 Å². The molecule has 0 saturated carbocycles. The largest absolute Gasteiger partial charge is 0.497 e.